The Balaban J connectivity index is 1.40. The molecule has 0 spiro atoms. The third-order valence-electron chi connectivity index (χ3n) is 8.28. The third kappa shape index (κ3) is 4.77. The molecule has 1 aliphatic carbocycles. The molecule has 0 amide bonds. The largest absolute Gasteiger partial charge is 0.460 e. The first kappa shape index (κ1) is 33.1. The SMILES string of the molecule is O=S(=O)(Oc1ccc(-c2ccc3c(c2)C(c2ccccc2)(c2ccccc2)c2ccccc2-3)cc1)C(F)(F)C(F)(F)C(F)(F)C(F)(F)F. The van der Waals surface area contributed by atoms with E-state index >= 15 is 0 Å². The van der Waals surface area contributed by atoms with Crippen LogP contribution in [0.5, 0.6) is 5.75 Å². The first-order valence-electron chi connectivity index (χ1n) is 14.1. The summed E-state index contributed by atoms with van der Waals surface area (Å²) in [5, 5.41) is -6.97. The molecule has 0 bridgehead atoms. The van der Waals surface area contributed by atoms with Gasteiger partial charge in [0.2, 0.25) is 0 Å². The maximum absolute atomic E-state index is 14.2. The summed E-state index contributed by atoms with van der Waals surface area (Å²) in [5.41, 5.74) is 5.89. The van der Waals surface area contributed by atoms with E-state index in [9.17, 15) is 47.9 Å². The zero-order valence-electron chi connectivity index (χ0n) is 24.2. The summed E-state index contributed by atoms with van der Waals surface area (Å²) < 4.78 is 148. The van der Waals surface area contributed by atoms with Crippen LogP contribution in [0.1, 0.15) is 22.3 Å². The molecule has 13 heteroatoms. The number of benzene rings is 5. The first-order valence-corrected chi connectivity index (χ1v) is 15.5. The molecule has 0 heterocycles. The highest BCUT2D eigenvalue weighted by molar-refractivity contribution is 7.88. The summed E-state index contributed by atoms with van der Waals surface area (Å²) in [4.78, 5) is 0. The lowest BCUT2D eigenvalue weighted by atomic mass is 9.67. The lowest BCUT2D eigenvalue weighted by molar-refractivity contribution is -0.382. The molecule has 1 aliphatic rings. The van der Waals surface area contributed by atoms with Crippen LogP contribution in [0, 0.1) is 0 Å². The number of halogens is 9. The molecule has 0 fully saturated rings. The van der Waals surface area contributed by atoms with E-state index in [1.54, 1.807) is 6.07 Å². The van der Waals surface area contributed by atoms with Gasteiger partial charge < -0.3 is 4.18 Å². The molecule has 6 rings (SSSR count). The maximum Gasteiger partial charge on any atom is 0.460 e. The van der Waals surface area contributed by atoms with Gasteiger partial charge in [-0.1, -0.05) is 109 Å². The molecule has 3 nitrogen and oxygen atoms in total. The van der Waals surface area contributed by atoms with Crippen molar-refractivity contribution >= 4 is 10.1 Å². The second-order valence-corrected chi connectivity index (χ2v) is 12.6. The lowest BCUT2D eigenvalue weighted by Gasteiger charge is -2.34. The van der Waals surface area contributed by atoms with Gasteiger partial charge in [0.25, 0.3) is 0 Å². The van der Waals surface area contributed by atoms with Crippen molar-refractivity contribution in [3.8, 4) is 28.0 Å². The highest BCUT2D eigenvalue weighted by Crippen LogP contribution is 2.57. The quantitative estimate of drug-likeness (QED) is 0.118. The first-order chi connectivity index (χ1) is 22.5. The smallest absolute Gasteiger partial charge is 0.378 e. The summed E-state index contributed by atoms with van der Waals surface area (Å²) in [6.07, 6.45) is -7.19. The summed E-state index contributed by atoms with van der Waals surface area (Å²) in [6, 6.07) is 36.8. The Bertz CT molecular complexity index is 2040. The van der Waals surface area contributed by atoms with E-state index in [1.165, 1.54) is 12.1 Å². The van der Waals surface area contributed by atoms with Crippen LogP contribution in [0.3, 0.4) is 0 Å². The fraction of sp³-hybridized carbons (Fsp3) is 0.143. The number of fused-ring (bicyclic) bond motifs is 3. The van der Waals surface area contributed by atoms with Crippen LogP contribution in [-0.2, 0) is 15.5 Å². The zero-order chi connectivity index (χ0) is 34.8. The Kier molecular flexibility index (Phi) is 7.69. The van der Waals surface area contributed by atoms with Crippen molar-refractivity contribution in [1.82, 2.24) is 0 Å². The van der Waals surface area contributed by atoms with Gasteiger partial charge in [-0.15, -0.1) is 0 Å². The van der Waals surface area contributed by atoms with Crippen molar-refractivity contribution in [3.05, 3.63) is 150 Å². The van der Waals surface area contributed by atoms with E-state index in [2.05, 4.69) is 4.18 Å². The van der Waals surface area contributed by atoms with Crippen LogP contribution in [0.15, 0.2) is 127 Å². The van der Waals surface area contributed by atoms with Crippen LogP contribution in [0.2, 0.25) is 0 Å². The van der Waals surface area contributed by atoms with Gasteiger partial charge in [0.1, 0.15) is 5.75 Å². The van der Waals surface area contributed by atoms with Crippen molar-refractivity contribution in [1.29, 1.82) is 0 Å². The number of alkyl halides is 9. The molecular formula is C35H21F9O3S. The average Bonchev–Trinajstić information content (AvgIpc) is 3.35. The Labute approximate surface area is 268 Å². The van der Waals surface area contributed by atoms with Gasteiger partial charge in [0, 0.05) is 0 Å². The minimum absolute atomic E-state index is 0.384. The highest BCUT2D eigenvalue weighted by Gasteiger charge is 2.86. The highest BCUT2D eigenvalue weighted by atomic mass is 32.2. The summed E-state index contributed by atoms with van der Waals surface area (Å²) in [7, 11) is -7.07. The molecule has 5 aromatic rings. The van der Waals surface area contributed by atoms with E-state index in [4.69, 9.17) is 0 Å². The predicted octanol–water partition coefficient (Wildman–Crippen LogP) is 9.85. The Hall–Kier alpha value is -4.78. The minimum Gasteiger partial charge on any atom is -0.378 e. The van der Waals surface area contributed by atoms with Gasteiger partial charge in [0.15, 0.2) is 0 Å². The average molecular weight is 693 g/mol. The van der Waals surface area contributed by atoms with E-state index in [-0.39, 0.29) is 0 Å². The molecule has 5 aromatic carbocycles. The topological polar surface area (TPSA) is 43.4 Å². The third-order valence-corrected chi connectivity index (χ3v) is 9.58. The number of rotatable bonds is 8. The Morgan fingerprint density at radius 2 is 0.979 bits per heavy atom. The van der Waals surface area contributed by atoms with Gasteiger partial charge in [-0.05, 0) is 62.7 Å². The van der Waals surface area contributed by atoms with Gasteiger partial charge >= 0.3 is 33.4 Å². The van der Waals surface area contributed by atoms with Crippen LogP contribution in [-0.4, -0.2) is 31.7 Å². The normalized spacial score (nSPS) is 14.7. The summed E-state index contributed by atoms with van der Waals surface area (Å²) in [5.74, 6) is -15.8. The molecule has 248 valence electrons. The van der Waals surface area contributed by atoms with Crippen LogP contribution >= 0.6 is 0 Å². The van der Waals surface area contributed by atoms with Crippen molar-refractivity contribution < 1.29 is 52.1 Å². The van der Waals surface area contributed by atoms with Crippen molar-refractivity contribution in [2.24, 2.45) is 0 Å². The molecule has 0 aromatic heterocycles. The van der Waals surface area contributed by atoms with Crippen molar-refractivity contribution in [2.45, 2.75) is 28.7 Å². The van der Waals surface area contributed by atoms with Gasteiger partial charge in [-0.25, -0.2) is 0 Å². The molecule has 0 atom stereocenters. The van der Waals surface area contributed by atoms with E-state index in [1.807, 2.05) is 97.1 Å². The molecule has 0 radical (unpaired) electrons. The second kappa shape index (κ2) is 11.1. The minimum atomic E-state index is -7.40. The van der Waals surface area contributed by atoms with E-state index < -0.39 is 44.6 Å². The molecule has 0 saturated heterocycles. The maximum atomic E-state index is 14.2. The fourth-order valence-electron chi connectivity index (χ4n) is 6.02. The summed E-state index contributed by atoms with van der Waals surface area (Å²) in [6.45, 7) is 0. The van der Waals surface area contributed by atoms with Gasteiger partial charge in [0.05, 0.1) is 5.41 Å². The number of hydrogen-bond donors (Lipinski definition) is 0. The van der Waals surface area contributed by atoms with E-state index in [0.29, 0.717) is 11.1 Å². The zero-order valence-corrected chi connectivity index (χ0v) is 25.0. The molecule has 0 N–H and O–H groups in total. The van der Waals surface area contributed by atoms with Crippen LogP contribution in [0.25, 0.3) is 22.3 Å². The monoisotopic (exact) mass is 692 g/mol. The predicted molar refractivity (Wildman–Crippen MR) is 160 cm³/mol. The molecule has 48 heavy (non-hydrogen) atoms. The van der Waals surface area contributed by atoms with Crippen molar-refractivity contribution in [2.75, 3.05) is 0 Å². The summed E-state index contributed by atoms with van der Waals surface area (Å²) >= 11 is 0. The Morgan fingerprint density at radius 3 is 1.52 bits per heavy atom. The Morgan fingerprint density at radius 1 is 0.500 bits per heavy atom. The standard InChI is InChI=1S/C35H21F9O3S/c36-32(37,34(40,41)42)33(38,39)35(43,44)48(45,46)47-26-18-15-22(16-19-26)23-17-20-28-27-13-7-8-14-29(27)31(30(28)21-23,24-9-3-1-4-10-24)25-11-5-2-6-12-25/h1-21H. The second-order valence-electron chi connectivity index (χ2n) is 11.0. The molecule has 0 unspecified atom stereocenters. The molecule has 0 saturated carbocycles. The lowest BCUT2D eigenvalue weighted by Crippen LogP contribution is -2.63. The van der Waals surface area contributed by atoms with Crippen LogP contribution < -0.4 is 4.18 Å². The van der Waals surface area contributed by atoms with Crippen LogP contribution in [0.4, 0.5) is 39.5 Å². The molecule has 0 aliphatic heterocycles. The number of hydrogen-bond acceptors (Lipinski definition) is 3. The fourth-order valence-corrected chi connectivity index (χ4v) is 6.94. The van der Waals surface area contributed by atoms with E-state index in [0.717, 1.165) is 45.5 Å². The van der Waals surface area contributed by atoms with Gasteiger partial charge in [-0.3, -0.25) is 0 Å². The van der Waals surface area contributed by atoms with Crippen molar-refractivity contribution in [3.63, 3.8) is 0 Å². The van der Waals surface area contributed by atoms with Gasteiger partial charge in [-0.2, -0.15) is 47.9 Å². The molecular weight excluding hydrogens is 671 g/mol.